The fourth-order valence-electron chi connectivity index (χ4n) is 4.71. The molecule has 27 heavy (non-hydrogen) atoms. The Morgan fingerprint density at radius 1 is 1.15 bits per heavy atom. The van der Waals surface area contributed by atoms with E-state index in [2.05, 4.69) is 29.2 Å². The summed E-state index contributed by atoms with van der Waals surface area (Å²) in [6, 6.07) is 8.69. The molecule has 2 saturated heterocycles. The van der Waals surface area contributed by atoms with Crippen molar-refractivity contribution in [3.63, 3.8) is 0 Å². The zero-order valence-corrected chi connectivity index (χ0v) is 17.1. The van der Waals surface area contributed by atoms with Crippen molar-refractivity contribution in [3.05, 3.63) is 47.3 Å². The molecule has 2 aliphatic heterocycles. The lowest BCUT2D eigenvalue weighted by Crippen LogP contribution is -2.33. The van der Waals surface area contributed by atoms with E-state index in [1.807, 2.05) is 37.2 Å². The van der Waals surface area contributed by atoms with Gasteiger partial charge in [-0.1, -0.05) is 12.1 Å². The van der Waals surface area contributed by atoms with Gasteiger partial charge in [0.25, 0.3) is 5.91 Å². The smallest absolute Gasteiger partial charge is 0.257 e. The molecule has 7 heteroatoms. The fraction of sp³-hybridized carbons (Fsp3) is 0.500. The number of hydrogen-bond acceptors (Lipinski definition) is 4. The van der Waals surface area contributed by atoms with Crippen molar-refractivity contribution in [2.75, 3.05) is 33.8 Å². The number of likely N-dealkylation sites (tertiary alicyclic amines) is 2. The first-order valence-electron chi connectivity index (χ1n) is 9.11. The first-order valence-corrected chi connectivity index (χ1v) is 9.11. The highest BCUT2D eigenvalue weighted by Crippen LogP contribution is 2.44. The van der Waals surface area contributed by atoms with Gasteiger partial charge < -0.3 is 9.64 Å². The number of fused-ring (bicyclic) bond motifs is 1. The Balaban J connectivity index is 0.00000210. The van der Waals surface area contributed by atoms with E-state index < -0.39 is 0 Å². The molecular weight excluding hydrogens is 364 g/mol. The van der Waals surface area contributed by atoms with Gasteiger partial charge in [-0.3, -0.25) is 14.4 Å². The van der Waals surface area contributed by atoms with Gasteiger partial charge in [-0.25, -0.2) is 0 Å². The molecule has 6 nitrogen and oxygen atoms in total. The lowest BCUT2D eigenvalue weighted by molar-refractivity contribution is 0.0767. The van der Waals surface area contributed by atoms with Gasteiger partial charge in [0.1, 0.15) is 5.75 Å². The van der Waals surface area contributed by atoms with Crippen LogP contribution in [0.5, 0.6) is 5.75 Å². The summed E-state index contributed by atoms with van der Waals surface area (Å²) in [6.45, 7) is 4.56. The normalized spacial score (nSPS) is 24.6. The van der Waals surface area contributed by atoms with Gasteiger partial charge in [0.2, 0.25) is 0 Å². The Hall–Kier alpha value is -2.05. The summed E-state index contributed by atoms with van der Waals surface area (Å²) in [5.74, 6) is 1.98. The molecule has 0 bridgehead atoms. The minimum atomic E-state index is 0. The lowest BCUT2D eigenvalue weighted by Gasteiger charge is -2.27. The third-order valence-electron chi connectivity index (χ3n) is 5.88. The van der Waals surface area contributed by atoms with Crippen molar-refractivity contribution < 1.29 is 9.53 Å². The highest BCUT2D eigenvalue weighted by atomic mass is 35.5. The van der Waals surface area contributed by atoms with Crippen LogP contribution in [0.2, 0.25) is 0 Å². The molecule has 2 aliphatic rings. The highest BCUT2D eigenvalue weighted by Gasteiger charge is 2.47. The molecule has 146 valence electrons. The van der Waals surface area contributed by atoms with E-state index >= 15 is 0 Å². The number of carbonyl (C=O) groups excluding carboxylic acids is 1. The molecule has 0 aliphatic carbocycles. The van der Waals surface area contributed by atoms with Crippen molar-refractivity contribution >= 4 is 18.3 Å². The number of methoxy groups -OCH3 is 1. The summed E-state index contributed by atoms with van der Waals surface area (Å²) in [4.78, 5) is 17.4. The average molecular weight is 391 g/mol. The van der Waals surface area contributed by atoms with Gasteiger partial charge in [-0.2, -0.15) is 5.10 Å². The topological polar surface area (TPSA) is 50.6 Å². The minimum Gasteiger partial charge on any atom is -0.497 e. The summed E-state index contributed by atoms with van der Waals surface area (Å²) >= 11 is 0. The maximum Gasteiger partial charge on any atom is 0.257 e. The van der Waals surface area contributed by atoms with Crippen LogP contribution in [0, 0.1) is 18.8 Å². The number of ether oxygens (including phenoxy) is 1. The van der Waals surface area contributed by atoms with E-state index in [0.29, 0.717) is 17.9 Å². The van der Waals surface area contributed by atoms with Crippen molar-refractivity contribution in [1.29, 1.82) is 0 Å². The van der Waals surface area contributed by atoms with Crippen LogP contribution in [0.15, 0.2) is 30.5 Å². The van der Waals surface area contributed by atoms with E-state index in [1.165, 1.54) is 5.56 Å². The van der Waals surface area contributed by atoms with Crippen molar-refractivity contribution in [2.45, 2.75) is 13.0 Å². The number of benzene rings is 1. The minimum absolute atomic E-state index is 0. The molecule has 0 spiro atoms. The van der Waals surface area contributed by atoms with Gasteiger partial charge in [0, 0.05) is 44.8 Å². The van der Waals surface area contributed by atoms with Crippen LogP contribution in [0.3, 0.4) is 0 Å². The highest BCUT2D eigenvalue weighted by molar-refractivity contribution is 5.95. The number of hydrogen-bond donors (Lipinski definition) is 0. The van der Waals surface area contributed by atoms with Gasteiger partial charge in [0.15, 0.2) is 0 Å². The Kier molecular flexibility index (Phi) is 5.49. The second-order valence-corrected chi connectivity index (χ2v) is 7.59. The summed E-state index contributed by atoms with van der Waals surface area (Å²) in [6.07, 6.45) is 1.83. The first-order chi connectivity index (χ1) is 12.5. The number of nitrogens with zero attached hydrogens (tertiary/aromatic N) is 4. The SMILES string of the molecule is COc1ccc([C@@H]2[C@@H]3CN(C(=O)c4cn(C)nc4C)C[C@@H]3CN2C)cc1.Cl. The second kappa shape index (κ2) is 7.52. The van der Waals surface area contributed by atoms with E-state index in [9.17, 15) is 4.79 Å². The van der Waals surface area contributed by atoms with E-state index in [-0.39, 0.29) is 18.3 Å². The van der Waals surface area contributed by atoms with E-state index in [0.717, 1.165) is 36.6 Å². The molecule has 1 aromatic carbocycles. The maximum absolute atomic E-state index is 13.0. The molecule has 4 rings (SSSR count). The standard InChI is InChI=1S/C20H26N4O2.ClH/c1-13-17(11-23(3)21-13)20(25)24-10-15-9-22(2)19(18(15)12-24)14-5-7-16(26-4)8-6-14;/h5-8,11,15,18-19H,9-10,12H2,1-4H3;1H/t15-,18+,19+;/m0./s1. The van der Waals surface area contributed by atoms with E-state index in [1.54, 1.807) is 11.8 Å². The summed E-state index contributed by atoms with van der Waals surface area (Å²) in [7, 11) is 5.73. The van der Waals surface area contributed by atoms with Crippen molar-refractivity contribution in [2.24, 2.45) is 18.9 Å². The molecule has 0 saturated carbocycles. The Morgan fingerprint density at radius 3 is 2.44 bits per heavy atom. The third-order valence-corrected chi connectivity index (χ3v) is 5.88. The number of amides is 1. The van der Waals surface area contributed by atoms with Crippen LogP contribution in [-0.4, -0.2) is 59.3 Å². The summed E-state index contributed by atoms with van der Waals surface area (Å²) < 4.78 is 7.00. The Bertz CT molecular complexity index is 820. The molecule has 0 radical (unpaired) electrons. The molecular formula is C20H27ClN4O2. The number of halogens is 1. The van der Waals surface area contributed by atoms with Crippen LogP contribution in [-0.2, 0) is 7.05 Å². The first kappa shape index (κ1) is 19.7. The molecule has 1 aromatic heterocycles. The maximum atomic E-state index is 13.0. The molecule has 0 unspecified atom stereocenters. The Morgan fingerprint density at radius 2 is 1.85 bits per heavy atom. The number of aryl methyl sites for hydroxylation is 2. The summed E-state index contributed by atoms with van der Waals surface area (Å²) in [5, 5.41) is 4.32. The lowest BCUT2D eigenvalue weighted by atomic mass is 9.89. The van der Waals surface area contributed by atoms with Gasteiger partial charge in [-0.15, -0.1) is 12.4 Å². The zero-order chi connectivity index (χ0) is 18.4. The molecule has 1 amide bonds. The number of carbonyl (C=O) groups is 1. The monoisotopic (exact) mass is 390 g/mol. The van der Waals surface area contributed by atoms with Crippen LogP contribution in [0.4, 0.5) is 0 Å². The average Bonchev–Trinajstić information content (AvgIpc) is 3.26. The molecule has 2 fully saturated rings. The fourth-order valence-corrected chi connectivity index (χ4v) is 4.71. The molecule has 2 aromatic rings. The Labute approximate surface area is 166 Å². The van der Waals surface area contributed by atoms with Gasteiger partial charge in [-0.05, 0) is 37.6 Å². The van der Waals surface area contributed by atoms with Crippen molar-refractivity contribution in [1.82, 2.24) is 19.6 Å². The zero-order valence-electron chi connectivity index (χ0n) is 16.3. The van der Waals surface area contributed by atoms with Gasteiger partial charge in [0.05, 0.1) is 18.4 Å². The van der Waals surface area contributed by atoms with Crippen LogP contribution >= 0.6 is 12.4 Å². The summed E-state index contributed by atoms with van der Waals surface area (Å²) in [5.41, 5.74) is 2.83. The van der Waals surface area contributed by atoms with Crippen LogP contribution < -0.4 is 4.74 Å². The predicted octanol–water partition coefficient (Wildman–Crippen LogP) is 2.53. The van der Waals surface area contributed by atoms with Crippen molar-refractivity contribution in [3.8, 4) is 5.75 Å². The molecule has 3 atom stereocenters. The third kappa shape index (κ3) is 3.44. The predicted molar refractivity (Wildman–Crippen MR) is 106 cm³/mol. The van der Waals surface area contributed by atoms with E-state index in [4.69, 9.17) is 4.74 Å². The van der Waals surface area contributed by atoms with Crippen LogP contribution in [0.1, 0.15) is 27.7 Å². The number of aromatic nitrogens is 2. The molecule has 0 N–H and O–H groups in total. The van der Waals surface area contributed by atoms with Crippen LogP contribution in [0.25, 0.3) is 0 Å². The quantitative estimate of drug-likeness (QED) is 0.808. The van der Waals surface area contributed by atoms with Gasteiger partial charge >= 0.3 is 0 Å². The second-order valence-electron chi connectivity index (χ2n) is 7.59. The largest absolute Gasteiger partial charge is 0.497 e. The number of rotatable bonds is 3. The molecule has 3 heterocycles.